The first-order chi connectivity index (χ1) is 11.3. The molecule has 24 heavy (non-hydrogen) atoms. The van der Waals surface area contributed by atoms with Crippen LogP contribution in [0.25, 0.3) is 11.0 Å². The number of benzene rings is 2. The molecule has 0 amide bonds. The smallest absolute Gasteiger partial charge is 0.154 e. The number of aromatic nitrogens is 2. The summed E-state index contributed by atoms with van der Waals surface area (Å²) in [7, 11) is -3.24. The van der Waals surface area contributed by atoms with E-state index in [4.69, 9.17) is 11.6 Å². The number of rotatable bonds is 5. The molecule has 0 radical (unpaired) electrons. The fourth-order valence-corrected chi connectivity index (χ4v) is 3.45. The number of fused-ring (bicyclic) bond motifs is 1. The van der Waals surface area contributed by atoms with Gasteiger partial charge < -0.3 is 9.67 Å². The Balaban J connectivity index is 2.00. The van der Waals surface area contributed by atoms with E-state index in [9.17, 15) is 13.5 Å². The first kappa shape index (κ1) is 17.0. The zero-order valence-electron chi connectivity index (χ0n) is 13.1. The minimum absolute atomic E-state index is 0.172. The van der Waals surface area contributed by atoms with Crippen molar-refractivity contribution in [2.45, 2.75) is 18.4 Å². The Labute approximate surface area is 145 Å². The lowest BCUT2D eigenvalue weighted by molar-refractivity contribution is 0.157. The van der Waals surface area contributed by atoms with E-state index in [1.54, 1.807) is 28.8 Å². The van der Waals surface area contributed by atoms with Gasteiger partial charge >= 0.3 is 0 Å². The van der Waals surface area contributed by atoms with E-state index in [2.05, 4.69) is 4.98 Å². The van der Waals surface area contributed by atoms with Gasteiger partial charge in [0, 0.05) is 11.3 Å². The van der Waals surface area contributed by atoms with Gasteiger partial charge in [-0.2, -0.15) is 0 Å². The molecule has 0 unspecified atom stereocenters. The predicted octanol–water partition coefficient (Wildman–Crippen LogP) is 2.97. The molecule has 0 saturated carbocycles. The lowest BCUT2D eigenvalue weighted by Gasteiger charge is -2.15. The Morgan fingerprint density at radius 3 is 2.50 bits per heavy atom. The molecule has 0 aliphatic carbocycles. The van der Waals surface area contributed by atoms with E-state index >= 15 is 0 Å². The second-order valence-corrected chi connectivity index (χ2v) is 8.34. The maximum absolute atomic E-state index is 11.7. The molecule has 1 aromatic heterocycles. The van der Waals surface area contributed by atoms with E-state index in [-0.39, 0.29) is 12.3 Å². The first-order valence-electron chi connectivity index (χ1n) is 7.39. The molecule has 5 nitrogen and oxygen atoms in total. The van der Waals surface area contributed by atoms with Crippen LogP contribution in [0.15, 0.2) is 48.5 Å². The molecule has 1 N–H and O–H groups in total. The molecule has 7 heteroatoms. The van der Waals surface area contributed by atoms with Crippen LogP contribution in [0.5, 0.6) is 0 Å². The van der Waals surface area contributed by atoms with Gasteiger partial charge in [0.2, 0.25) is 0 Å². The monoisotopic (exact) mass is 364 g/mol. The minimum atomic E-state index is -3.24. The highest BCUT2D eigenvalue weighted by molar-refractivity contribution is 7.89. The van der Waals surface area contributed by atoms with Gasteiger partial charge in [-0.1, -0.05) is 35.9 Å². The number of aliphatic hydroxyl groups is 1. The summed E-state index contributed by atoms with van der Waals surface area (Å²) >= 11 is 5.87. The Bertz CT molecular complexity index is 965. The molecule has 126 valence electrons. The first-order valence-corrected chi connectivity index (χ1v) is 9.83. The van der Waals surface area contributed by atoms with Crippen molar-refractivity contribution in [1.29, 1.82) is 0 Å². The zero-order chi connectivity index (χ0) is 17.3. The van der Waals surface area contributed by atoms with Gasteiger partial charge in [-0.3, -0.25) is 0 Å². The molecule has 2 aromatic carbocycles. The van der Waals surface area contributed by atoms with Gasteiger partial charge in [0.25, 0.3) is 0 Å². The molecular weight excluding hydrogens is 348 g/mol. The summed E-state index contributed by atoms with van der Waals surface area (Å²) in [4.78, 5) is 4.41. The Morgan fingerprint density at radius 2 is 1.83 bits per heavy atom. The summed E-state index contributed by atoms with van der Waals surface area (Å²) in [5, 5.41) is 11.1. The second kappa shape index (κ2) is 6.55. The van der Waals surface area contributed by atoms with Crippen LogP contribution in [-0.2, 0) is 22.1 Å². The Kier molecular flexibility index (Phi) is 4.62. The third-order valence-corrected chi connectivity index (χ3v) is 4.77. The fraction of sp³-hybridized carbons (Fsp3) is 0.235. The maximum Gasteiger partial charge on any atom is 0.154 e. The van der Waals surface area contributed by atoms with Gasteiger partial charge in [-0.25, -0.2) is 13.4 Å². The molecule has 0 fully saturated rings. The molecule has 0 bridgehead atoms. The summed E-state index contributed by atoms with van der Waals surface area (Å²) in [5.74, 6) is 0.251. The molecule has 1 atom stereocenters. The number of hydrogen-bond acceptors (Lipinski definition) is 4. The molecule has 3 aromatic rings. The molecule has 0 spiro atoms. The number of halogens is 1. The van der Waals surface area contributed by atoms with Crippen LogP contribution < -0.4 is 0 Å². The Morgan fingerprint density at radius 1 is 1.17 bits per heavy atom. The van der Waals surface area contributed by atoms with E-state index in [1.807, 2.05) is 24.3 Å². The van der Waals surface area contributed by atoms with Crippen molar-refractivity contribution in [3.05, 3.63) is 64.9 Å². The average molecular weight is 365 g/mol. The SMILES string of the molecule is CS(=O)(=O)Cc1nc2ccccc2n1C[C@H](O)c1ccc(Cl)cc1. The van der Waals surface area contributed by atoms with Gasteiger partial charge in [0.05, 0.1) is 23.7 Å². The van der Waals surface area contributed by atoms with Gasteiger partial charge in [-0.15, -0.1) is 0 Å². The summed E-state index contributed by atoms with van der Waals surface area (Å²) < 4.78 is 25.1. The highest BCUT2D eigenvalue weighted by Gasteiger charge is 2.18. The number of nitrogens with zero attached hydrogens (tertiary/aromatic N) is 2. The highest BCUT2D eigenvalue weighted by Crippen LogP contribution is 2.23. The third-order valence-electron chi connectivity index (χ3n) is 3.74. The van der Waals surface area contributed by atoms with Crippen molar-refractivity contribution in [3.63, 3.8) is 0 Å². The van der Waals surface area contributed by atoms with Crippen molar-refractivity contribution in [2.75, 3.05) is 6.26 Å². The van der Waals surface area contributed by atoms with Crippen molar-refractivity contribution >= 4 is 32.5 Å². The zero-order valence-corrected chi connectivity index (χ0v) is 14.6. The molecular formula is C17H17ClN2O3S. The van der Waals surface area contributed by atoms with Crippen LogP contribution in [0, 0.1) is 0 Å². The molecule has 3 rings (SSSR count). The van der Waals surface area contributed by atoms with Crippen molar-refractivity contribution in [1.82, 2.24) is 9.55 Å². The van der Waals surface area contributed by atoms with Crippen LogP contribution in [0.3, 0.4) is 0 Å². The maximum atomic E-state index is 11.7. The van der Waals surface area contributed by atoms with Crippen molar-refractivity contribution in [2.24, 2.45) is 0 Å². The van der Waals surface area contributed by atoms with Crippen molar-refractivity contribution in [3.8, 4) is 0 Å². The van der Waals surface area contributed by atoms with Crippen LogP contribution >= 0.6 is 11.6 Å². The van der Waals surface area contributed by atoms with Crippen LogP contribution in [0.4, 0.5) is 0 Å². The normalized spacial score (nSPS) is 13.3. The van der Waals surface area contributed by atoms with E-state index in [0.717, 1.165) is 5.52 Å². The number of sulfone groups is 1. The van der Waals surface area contributed by atoms with Crippen LogP contribution in [-0.4, -0.2) is 29.3 Å². The number of imidazole rings is 1. The summed E-state index contributed by atoms with van der Waals surface area (Å²) in [6, 6.07) is 14.3. The average Bonchev–Trinajstić information content (AvgIpc) is 2.83. The lowest BCUT2D eigenvalue weighted by Crippen LogP contribution is -2.14. The van der Waals surface area contributed by atoms with E-state index in [1.165, 1.54) is 6.26 Å². The third kappa shape index (κ3) is 3.77. The van der Waals surface area contributed by atoms with Gasteiger partial charge in [0.15, 0.2) is 9.84 Å². The van der Waals surface area contributed by atoms with Gasteiger partial charge in [-0.05, 0) is 29.8 Å². The molecule has 0 aliphatic heterocycles. The summed E-state index contributed by atoms with van der Waals surface area (Å²) in [5.41, 5.74) is 2.21. The van der Waals surface area contributed by atoms with Gasteiger partial charge in [0.1, 0.15) is 11.6 Å². The largest absolute Gasteiger partial charge is 0.387 e. The molecule has 1 heterocycles. The minimum Gasteiger partial charge on any atom is -0.387 e. The fourth-order valence-electron chi connectivity index (χ4n) is 2.64. The summed E-state index contributed by atoms with van der Waals surface area (Å²) in [6.07, 6.45) is 0.380. The Hall–Kier alpha value is -1.89. The standard InChI is InChI=1S/C17H17ClN2O3S/c1-24(22,23)11-17-19-14-4-2-3-5-15(14)20(17)10-16(21)12-6-8-13(18)9-7-12/h2-9,16,21H,10-11H2,1H3/t16-/m0/s1. The van der Waals surface area contributed by atoms with Crippen molar-refractivity contribution < 1.29 is 13.5 Å². The quantitative estimate of drug-likeness (QED) is 0.755. The summed E-state index contributed by atoms with van der Waals surface area (Å²) in [6.45, 7) is 0.215. The lowest BCUT2D eigenvalue weighted by atomic mass is 10.1. The molecule has 0 aliphatic rings. The van der Waals surface area contributed by atoms with E-state index < -0.39 is 15.9 Å². The molecule has 0 saturated heterocycles. The topological polar surface area (TPSA) is 72.2 Å². The van der Waals surface area contributed by atoms with Crippen LogP contribution in [0.2, 0.25) is 5.02 Å². The van der Waals surface area contributed by atoms with Crippen LogP contribution in [0.1, 0.15) is 17.5 Å². The van der Waals surface area contributed by atoms with E-state index in [0.29, 0.717) is 21.9 Å². The highest BCUT2D eigenvalue weighted by atomic mass is 35.5. The number of hydrogen-bond donors (Lipinski definition) is 1. The second-order valence-electron chi connectivity index (χ2n) is 5.76. The number of aliphatic hydroxyl groups excluding tert-OH is 1. The number of para-hydroxylation sites is 2. The predicted molar refractivity (Wildman–Crippen MR) is 94.7 cm³/mol.